The fourth-order valence-electron chi connectivity index (χ4n) is 5.74. The Kier molecular flexibility index (Phi) is 3.17. The Balaban J connectivity index is 1.27. The van der Waals surface area contributed by atoms with Gasteiger partial charge in [-0.25, -0.2) is 0 Å². The maximum atomic E-state index is 12.7. The van der Waals surface area contributed by atoms with Crippen molar-refractivity contribution in [2.75, 3.05) is 12.3 Å². The van der Waals surface area contributed by atoms with Crippen LogP contribution < -0.4 is 16.4 Å². The highest BCUT2D eigenvalue weighted by Gasteiger charge is 2.51. The van der Waals surface area contributed by atoms with Crippen molar-refractivity contribution in [1.82, 2.24) is 15.5 Å². The fraction of sp³-hybridized carbons (Fsp3) is 0.579. The van der Waals surface area contributed by atoms with Gasteiger partial charge in [0.25, 0.3) is 5.91 Å². The highest BCUT2D eigenvalue weighted by Crippen LogP contribution is 2.48. The highest BCUT2D eigenvalue weighted by molar-refractivity contribution is 6.00. The number of anilines is 1. The zero-order valence-corrected chi connectivity index (χ0v) is 14.3. The summed E-state index contributed by atoms with van der Waals surface area (Å²) < 4.78 is 0. The third-order valence-electron chi connectivity index (χ3n) is 6.38. The smallest absolute Gasteiger partial charge is 0.254 e. The average Bonchev–Trinajstić information content (AvgIpc) is 2.80. The van der Waals surface area contributed by atoms with Crippen molar-refractivity contribution >= 4 is 17.5 Å². The van der Waals surface area contributed by atoms with E-state index in [4.69, 9.17) is 5.73 Å². The van der Waals surface area contributed by atoms with Crippen LogP contribution in [-0.4, -0.2) is 35.0 Å². The molecule has 0 aromatic heterocycles. The standard InChI is InChI=1S/C19H24N4O2/c20-14-1-2-16-13(6-14)9-23(18(16)25)10-17(24)22-19-7-11-3-12(8-19)5-15(4-11)21-19/h1-2,6,11-12,15,21H,3-5,7-10,20H2,(H,22,24)/t11-,12+,15?,19?. The molecule has 4 N–H and O–H groups in total. The summed E-state index contributed by atoms with van der Waals surface area (Å²) in [6.45, 7) is 0.567. The van der Waals surface area contributed by atoms with Gasteiger partial charge in [0.1, 0.15) is 6.54 Å². The number of fused-ring (bicyclic) bond motifs is 1. The first-order chi connectivity index (χ1) is 12.0. The van der Waals surface area contributed by atoms with E-state index in [-0.39, 0.29) is 24.0 Å². The van der Waals surface area contributed by atoms with Crippen LogP contribution in [0.1, 0.15) is 48.0 Å². The lowest BCUT2D eigenvalue weighted by Crippen LogP contribution is -2.71. The molecule has 4 atom stereocenters. The lowest BCUT2D eigenvalue weighted by atomic mass is 9.62. The molecule has 5 aliphatic rings. The summed E-state index contributed by atoms with van der Waals surface area (Å²) >= 11 is 0. The predicted octanol–water partition coefficient (Wildman–Crippen LogP) is 1.22. The first-order valence-corrected chi connectivity index (χ1v) is 9.26. The number of piperidine rings is 2. The van der Waals surface area contributed by atoms with Crippen molar-refractivity contribution in [3.05, 3.63) is 29.3 Å². The molecule has 132 valence electrons. The van der Waals surface area contributed by atoms with E-state index >= 15 is 0 Å². The Labute approximate surface area is 147 Å². The third kappa shape index (κ3) is 2.51. The summed E-state index contributed by atoms with van der Waals surface area (Å²) in [7, 11) is 0. The summed E-state index contributed by atoms with van der Waals surface area (Å²) in [6, 6.07) is 5.86. The van der Waals surface area contributed by atoms with E-state index < -0.39 is 0 Å². The summed E-state index contributed by atoms with van der Waals surface area (Å²) in [6.07, 6.45) is 5.86. The molecule has 2 saturated heterocycles. The van der Waals surface area contributed by atoms with Crippen molar-refractivity contribution in [3.8, 4) is 0 Å². The summed E-state index contributed by atoms with van der Waals surface area (Å²) in [4.78, 5) is 26.8. The molecule has 0 spiro atoms. The van der Waals surface area contributed by atoms with Crippen LogP contribution in [0.25, 0.3) is 0 Å². The molecular weight excluding hydrogens is 316 g/mol. The number of hydrogen-bond donors (Lipinski definition) is 3. The summed E-state index contributed by atoms with van der Waals surface area (Å²) in [5, 5.41) is 6.91. The second-order valence-electron chi connectivity index (χ2n) is 8.40. The second-order valence-corrected chi connectivity index (χ2v) is 8.40. The number of benzene rings is 1. The van der Waals surface area contributed by atoms with E-state index in [1.807, 2.05) is 6.07 Å². The maximum absolute atomic E-state index is 12.7. The first-order valence-electron chi connectivity index (χ1n) is 9.26. The van der Waals surface area contributed by atoms with Gasteiger partial charge in [-0.15, -0.1) is 0 Å². The van der Waals surface area contributed by atoms with Gasteiger partial charge in [-0.2, -0.15) is 0 Å². The number of nitrogens with one attached hydrogen (secondary N) is 2. The maximum Gasteiger partial charge on any atom is 0.254 e. The van der Waals surface area contributed by atoms with Crippen LogP contribution in [0, 0.1) is 11.8 Å². The number of carbonyl (C=O) groups is 2. The summed E-state index contributed by atoms with van der Waals surface area (Å²) in [5.41, 5.74) is 7.78. The summed E-state index contributed by atoms with van der Waals surface area (Å²) in [5.74, 6) is 1.33. The Morgan fingerprint density at radius 3 is 2.76 bits per heavy atom. The van der Waals surface area contributed by atoms with Gasteiger partial charge < -0.3 is 16.0 Å². The van der Waals surface area contributed by atoms with E-state index in [1.54, 1.807) is 17.0 Å². The number of amides is 2. The molecule has 6 rings (SSSR count). The van der Waals surface area contributed by atoms with E-state index in [2.05, 4.69) is 10.6 Å². The van der Waals surface area contributed by atoms with Crippen LogP contribution in [0.15, 0.2) is 18.2 Å². The monoisotopic (exact) mass is 340 g/mol. The lowest BCUT2D eigenvalue weighted by Gasteiger charge is -2.57. The molecule has 4 bridgehead atoms. The molecule has 1 aromatic carbocycles. The molecule has 2 amide bonds. The average molecular weight is 340 g/mol. The lowest BCUT2D eigenvalue weighted by molar-refractivity contribution is -0.128. The van der Waals surface area contributed by atoms with Gasteiger partial charge in [-0.05, 0) is 67.7 Å². The van der Waals surface area contributed by atoms with Gasteiger partial charge in [-0.3, -0.25) is 14.9 Å². The van der Waals surface area contributed by atoms with E-state index in [1.165, 1.54) is 19.3 Å². The quantitative estimate of drug-likeness (QED) is 0.722. The van der Waals surface area contributed by atoms with Gasteiger partial charge in [0, 0.05) is 23.8 Å². The minimum absolute atomic E-state index is 0.0661. The van der Waals surface area contributed by atoms with Gasteiger partial charge in [0.2, 0.25) is 5.91 Å². The van der Waals surface area contributed by atoms with Crippen molar-refractivity contribution < 1.29 is 9.59 Å². The molecule has 0 radical (unpaired) electrons. The number of carbonyl (C=O) groups excluding carboxylic acids is 2. The minimum Gasteiger partial charge on any atom is -0.399 e. The fourth-order valence-corrected chi connectivity index (χ4v) is 5.74. The van der Waals surface area contributed by atoms with Crippen molar-refractivity contribution in [2.24, 2.45) is 11.8 Å². The minimum atomic E-state index is -0.244. The molecule has 2 unspecified atom stereocenters. The molecule has 1 aromatic rings. The number of hydrogen-bond acceptors (Lipinski definition) is 4. The Hall–Kier alpha value is -2.08. The van der Waals surface area contributed by atoms with Crippen LogP contribution in [0.2, 0.25) is 0 Å². The zero-order valence-electron chi connectivity index (χ0n) is 14.3. The number of nitrogens with zero attached hydrogens (tertiary/aromatic N) is 1. The van der Waals surface area contributed by atoms with Crippen molar-refractivity contribution in [1.29, 1.82) is 0 Å². The highest BCUT2D eigenvalue weighted by atomic mass is 16.2. The normalized spacial score (nSPS) is 35.1. The molecular formula is C19H24N4O2. The molecule has 6 nitrogen and oxygen atoms in total. The van der Waals surface area contributed by atoms with Crippen LogP contribution in [0.3, 0.4) is 0 Å². The van der Waals surface area contributed by atoms with Crippen LogP contribution in [0.5, 0.6) is 0 Å². The van der Waals surface area contributed by atoms with Crippen LogP contribution in [-0.2, 0) is 11.3 Å². The van der Waals surface area contributed by atoms with Gasteiger partial charge >= 0.3 is 0 Å². The number of nitrogens with two attached hydrogens (primary N) is 1. The van der Waals surface area contributed by atoms with E-state index in [0.29, 0.717) is 23.8 Å². The largest absolute Gasteiger partial charge is 0.399 e. The number of nitrogen functional groups attached to an aromatic ring is 1. The Morgan fingerprint density at radius 2 is 2.04 bits per heavy atom. The van der Waals surface area contributed by atoms with E-state index in [0.717, 1.165) is 30.2 Å². The van der Waals surface area contributed by atoms with Crippen LogP contribution >= 0.6 is 0 Å². The molecule has 3 aliphatic heterocycles. The van der Waals surface area contributed by atoms with Crippen molar-refractivity contribution in [2.45, 2.75) is 50.4 Å². The molecule has 6 heteroatoms. The topological polar surface area (TPSA) is 87.5 Å². The van der Waals surface area contributed by atoms with Gasteiger partial charge in [0.05, 0.1) is 5.66 Å². The SMILES string of the molecule is Nc1ccc2c(c1)CN(CC(=O)NC13C[C@@H]4CC(C[C@@H](C4)C1)N3)C2=O. The van der Waals surface area contributed by atoms with Gasteiger partial charge in [-0.1, -0.05) is 0 Å². The molecule has 3 heterocycles. The van der Waals surface area contributed by atoms with Crippen LogP contribution in [0.4, 0.5) is 5.69 Å². The zero-order chi connectivity index (χ0) is 17.2. The predicted molar refractivity (Wildman–Crippen MR) is 93.5 cm³/mol. The Bertz CT molecular complexity index is 725. The molecule has 2 aliphatic carbocycles. The molecule has 2 saturated carbocycles. The third-order valence-corrected chi connectivity index (χ3v) is 6.38. The van der Waals surface area contributed by atoms with E-state index in [9.17, 15) is 9.59 Å². The second kappa shape index (κ2) is 5.21. The first kappa shape index (κ1) is 15.2. The van der Waals surface area contributed by atoms with Crippen molar-refractivity contribution in [3.63, 3.8) is 0 Å². The Morgan fingerprint density at radius 1 is 1.28 bits per heavy atom. The number of rotatable bonds is 3. The molecule has 25 heavy (non-hydrogen) atoms. The van der Waals surface area contributed by atoms with Gasteiger partial charge in [0.15, 0.2) is 0 Å². The molecule has 4 fully saturated rings.